The molecule has 0 saturated heterocycles. The molecule has 0 aliphatic rings. The Morgan fingerprint density at radius 3 is 2.08 bits per heavy atom. The van der Waals surface area contributed by atoms with E-state index in [9.17, 15) is 4.79 Å². The molecular weight excluding hydrogens is 152 g/mol. The topological polar surface area (TPSA) is 23.6 Å². The summed E-state index contributed by atoms with van der Waals surface area (Å²) in [5, 5.41) is 3.57. The van der Waals surface area contributed by atoms with E-state index in [1.807, 2.05) is 25.9 Å². The Kier molecular flexibility index (Phi) is 4.59. The number of hydrogen-bond donors (Lipinski definition) is 0. The van der Waals surface area contributed by atoms with Gasteiger partial charge in [0.05, 0.1) is 0 Å². The molecule has 0 radical (unpaired) electrons. The Bertz CT molecular complexity index is 177. The van der Waals surface area contributed by atoms with Crippen molar-refractivity contribution in [3.8, 4) is 0 Å². The zero-order chi connectivity index (χ0) is 9.72. The molecule has 0 aromatic rings. The van der Waals surface area contributed by atoms with E-state index in [-0.39, 0.29) is 5.91 Å². The van der Waals surface area contributed by atoms with Crippen molar-refractivity contribution in [2.24, 2.45) is 0 Å². The summed E-state index contributed by atoms with van der Waals surface area (Å²) in [6, 6.07) is 0. The summed E-state index contributed by atoms with van der Waals surface area (Å²) in [6.45, 7) is 10.8. The number of hydrogen-bond acceptors (Lipinski definition) is 2. The fourth-order valence-corrected chi connectivity index (χ4v) is 0.931. The molecule has 0 fully saturated rings. The zero-order valence-corrected chi connectivity index (χ0v) is 8.42. The molecule has 0 aromatic heterocycles. The molecule has 0 spiro atoms. The molecule has 70 valence electrons. The number of hydrazine groups is 1. The molecule has 0 saturated carbocycles. The molecule has 3 heteroatoms. The Morgan fingerprint density at radius 1 is 1.33 bits per heavy atom. The predicted octanol–water partition coefficient (Wildman–Crippen LogP) is 1.28. The fourth-order valence-electron chi connectivity index (χ4n) is 0.931. The highest BCUT2D eigenvalue weighted by molar-refractivity contribution is 5.91. The summed E-state index contributed by atoms with van der Waals surface area (Å²) in [7, 11) is 1.89. The van der Waals surface area contributed by atoms with E-state index < -0.39 is 0 Å². The molecular formula is C9H18N2O. The first-order valence-electron chi connectivity index (χ1n) is 4.23. The Labute approximate surface area is 74.6 Å². The monoisotopic (exact) mass is 170 g/mol. The minimum absolute atomic E-state index is 0.00171. The molecule has 0 unspecified atom stereocenters. The quantitative estimate of drug-likeness (QED) is 0.468. The Balaban J connectivity index is 4.34. The average Bonchev–Trinajstić information content (AvgIpc) is 2.05. The van der Waals surface area contributed by atoms with Crippen molar-refractivity contribution in [2.45, 2.75) is 20.8 Å². The third kappa shape index (κ3) is 2.66. The molecule has 1 amide bonds. The van der Waals surface area contributed by atoms with Crippen LogP contribution >= 0.6 is 0 Å². The van der Waals surface area contributed by atoms with Crippen molar-refractivity contribution in [1.82, 2.24) is 10.0 Å². The number of amides is 1. The average molecular weight is 170 g/mol. The van der Waals surface area contributed by atoms with Gasteiger partial charge >= 0.3 is 0 Å². The fraction of sp³-hybridized carbons (Fsp3) is 0.667. The van der Waals surface area contributed by atoms with Gasteiger partial charge in [-0.2, -0.15) is 0 Å². The number of nitrogens with zero attached hydrogens (tertiary/aromatic N) is 2. The zero-order valence-electron chi connectivity index (χ0n) is 8.42. The lowest BCUT2D eigenvalue weighted by molar-refractivity contribution is -0.141. The maximum Gasteiger partial charge on any atom is 0.263 e. The van der Waals surface area contributed by atoms with Crippen molar-refractivity contribution in [1.29, 1.82) is 0 Å². The van der Waals surface area contributed by atoms with Crippen LogP contribution in [-0.4, -0.2) is 36.1 Å². The van der Waals surface area contributed by atoms with Crippen LogP contribution in [0.1, 0.15) is 20.8 Å². The van der Waals surface area contributed by atoms with Gasteiger partial charge in [-0.15, -0.1) is 0 Å². The molecule has 0 rings (SSSR count). The normalized spacial score (nSPS) is 10.1. The van der Waals surface area contributed by atoms with Crippen LogP contribution in [0.4, 0.5) is 0 Å². The summed E-state index contributed by atoms with van der Waals surface area (Å²) in [5.41, 5.74) is 0.581. The van der Waals surface area contributed by atoms with Crippen molar-refractivity contribution < 1.29 is 4.79 Å². The van der Waals surface area contributed by atoms with E-state index in [2.05, 4.69) is 6.58 Å². The molecule has 0 heterocycles. The van der Waals surface area contributed by atoms with E-state index in [0.717, 1.165) is 6.54 Å². The highest BCUT2D eigenvalue weighted by Crippen LogP contribution is 2.01. The second kappa shape index (κ2) is 4.93. The molecule has 0 atom stereocenters. The van der Waals surface area contributed by atoms with E-state index >= 15 is 0 Å². The first-order valence-corrected chi connectivity index (χ1v) is 4.23. The van der Waals surface area contributed by atoms with Gasteiger partial charge in [-0.1, -0.05) is 13.5 Å². The van der Waals surface area contributed by atoms with E-state index in [0.29, 0.717) is 12.1 Å². The first kappa shape index (κ1) is 11.2. The van der Waals surface area contributed by atoms with Gasteiger partial charge in [-0.25, -0.2) is 5.01 Å². The van der Waals surface area contributed by atoms with Gasteiger partial charge in [0.15, 0.2) is 0 Å². The van der Waals surface area contributed by atoms with Crippen molar-refractivity contribution in [2.75, 3.05) is 20.1 Å². The highest BCUT2D eigenvalue weighted by Gasteiger charge is 2.14. The highest BCUT2D eigenvalue weighted by atomic mass is 16.2. The predicted molar refractivity (Wildman–Crippen MR) is 50.5 cm³/mol. The molecule has 0 aromatic carbocycles. The first-order chi connectivity index (χ1) is 5.54. The molecule has 0 aliphatic heterocycles. The molecule has 3 nitrogen and oxygen atoms in total. The Morgan fingerprint density at radius 2 is 1.83 bits per heavy atom. The van der Waals surface area contributed by atoms with Gasteiger partial charge < -0.3 is 0 Å². The van der Waals surface area contributed by atoms with Gasteiger partial charge in [0, 0.05) is 25.7 Å². The van der Waals surface area contributed by atoms with E-state index in [1.165, 1.54) is 0 Å². The molecule has 0 aliphatic carbocycles. The second-order valence-electron chi connectivity index (χ2n) is 2.78. The van der Waals surface area contributed by atoms with Crippen LogP contribution in [0.5, 0.6) is 0 Å². The summed E-state index contributed by atoms with van der Waals surface area (Å²) >= 11 is 0. The van der Waals surface area contributed by atoms with Crippen LogP contribution < -0.4 is 0 Å². The summed E-state index contributed by atoms with van der Waals surface area (Å²) in [5.74, 6) is 0.00171. The lowest BCUT2D eigenvalue weighted by Gasteiger charge is -2.29. The standard InChI is InChI=1S/C9H18N2O/c1-6-10(5)11(7-2)9(12)8(3)4/h3,6-7H2,1-2,4-5H3. The third-order valence-corrected chi connectivity index (χ3v) is 1.77. The van der Waals surface area contributed by atoms with Crippen molar-refractivity contribution in [3.05, 3.63) is 12.2 Å². The third-order valence-electron chi connectivity index (χ3n) is 1.77. The maximum atomic E-state index is 11.5. The van der Waals surface area contributed by atoms with Crippen LogP contribution in [0.15, 0.2) is 12.2 Å². The van der Waals surface area contributed by atoms with Crippen LogP contribution in [0.2, 0.25) is 0 Å². The molecule has 12 heavy (non-hydrogen) atoms. The van der Waals surface area contributed by atoms with Crippen LogP contribution in [-0.2, 0) is 4.79 Å². The second-order valence-corrected chi connectivity index (χ2v) is 2.78. The van der Waals surface area contributed by atoms with Crippen LogP contribution in [0, 0.1) is 0 Å². The smallest absolute Gasteiger partial charge is 0.263 e. The SMILES string of the molecule is C=C(C)C(=O)N(CC)N(C)CC. The maximum absolute atomic E-state index is 11.5. The van der Waals surface area contributed by atoms with Crippen LogP contribution in [0.3, 0.4) is 0 Å². The van der Waals surface area contributed by atoms with Gasteiger partial charge in [0.1, 0.15) is 0 Å². The minimum atomic E-state index is 0.00171. The summed E-state index contributed by atoms with van der Waals surface area (Å²) in [6.07, 6.45) is 0. The minimum Gasteiger partial charge on any atom is -0.272 e. The summed E-state index contributed by atoms with van der Waals surface area (Å²) in [4.78, 5) is 11.5. The number of carbonyl (C=O) groups excluding carboxylic acids is 1. The van der Waals surface area contributed by atoms with Crippen molar-refractivity contribution >= 4 is 5.91 Å². The Hall–Kier alpha value is -0.830. The van der Waals surface area contributed by atoms with Gasteiger partial charge in [0.2, 0.25) is 0 Å². The lowest BCUT2D eigenvalue weighted by atomic mass is 10.3. The van der Waals surface area contributed by atoms with E-state index in [4.69, 9.17) is 0 Å². The van der Waals surface area contributed by atoms with Gasteiger partial charge in [0.25, 0.3) is 5.91 Å². The van der Waals surface area contributed by atoms with Crippen molar-refractivity contribution in [3.63, 3.8) is 0 Å². The van der Waals surface area contributed by atoms with Gasteiger partial charge in [-0.3, -0.25) is 9.80 Å². The number of likely N-dealkylation sites (N-methyl/N-ethyl adjacent to an activating group) is 1. The summed E-state index contributed by atoms with van der Waals surface area (Å²) < 4.78 is 0. The molecule has 0 bridgehead atoms. The number of carbonyl (C=O) groups is 1. The lowest BCUT2D eigenvalue weighted by Crippen LogP contribution is -2.44. The number of rotatable bonds is 4. The van der Waals surface area contributed by atoms with Gasteiger partial charge in [-0.05, 0) is 13.8 Å². The van der Waals surface area contributed by atoms with E-state index in [1.54, 1.807) is 11.9 Å². The largest absolute Gasteiger partial charge is 0.272 e. The molecule has 0 N–H and O–H groups in total. The van der Waals surface area contributed by atoms with Crippen LogP contribution in [0.25, 0.3) is 0 Å².